The number of carbonyl (C=O) groups is 1. The summed E-state index contributed by atoms with van der Waals surface area (Å²) in [6, 6.07) is 6.82. The molecule has 1 aliphatic carbocycles. The number of carbonyl (C=O) groups excluding carboxylic acids is 1. The van der Waals surface area contributed by atoms with Gasteiger partial charge in [0, 0.05) is 13.1 Å². The summed E-state index contributed by atoms with van der Waals surface area (Å²) in [6.07, 6.45) is 2.44. The molecule has 0 spiro atoms. The number of hydrogen-bond acceptors (Lipinski definition) is 3. The molecule has 0 amide bonds. The van der Waals surface area contributed by atoms with Crippen molar-refractivity contribution >= 4 is 5.97 Å². The van der Waals surface area contributed by atoms with Crippen LogP contribution in [0, 0.1) is 11.2 Å². The van der Waals surface area contributed by atoms with Gasteiger partial charge in [-0.2, -0.15) is 0 Å². The number of methoxy groups -OCH3 is 1. The highest BCUT2D eigenvalue weighted by Gasteiger charge is 2.51. The van der Waals surface area contributed by atoms with E-state index in [2.05, 4.69) is 4.90 Å². The molecule has 0 atom stereocenters. The van der Waals surface area contributed by atoms with Crippen molar-refractivity contribution < 1.29 is 13.9 Å². The van der Waals surface area contributed by atoms with Crippen LogP contribution in [0.5, 0.6) is 0 Å². The van der Waals surface area contributed by atoms with Crippen molar-refractivity contribution in [1.29, 1.82) is 0 Å². The average molecular weight is 265 g/mol. The molecule has 104 valence electrons. The highest BCUT2D eigenvalue weighted by molar-refractivity contribution is 5.80. The van der Waals surface area contributed by atoms with Crippen LogP contribution in [-0.4, -0.2) is 38.1 Å². The van der Waals surface area contributed by atoms with E-state index in [-0.39, 0.29) is 17.2 Å². The second-order valence-electron chi connectivity index (χ2n) is 5.35. The summed E-state index contributed by atoms with van der Waals surface area (Å²) in [4.78, 5) is 13.7. The molecule has 0 aromatic heterocycles. The van der Waals surface area contributed by atoms with Crippen molar-refractivity contribution in [2.75, 3.05) is 27.2 Å². The maximum absolute atomic E-state index is 13.5. The Bertz CT molecular complexity index is 457. The van der Waals surface area contributed by atoms with Crippen molar-refractivity contribution in [3.8, 4) is 0 Å². The predicted octanol–water partition coefficient (Wildman–Crippen LogP) is 2.25. The molecule has 0 radical (unpaired) electrons. The van der Waals surface area contributed by atoms with Crippen molar-refractivity contribution in [2.45, 2.75) is 19.3 Å². The van der Waals surface area contributed by atoms with Crippen LogP contribution in [-0.2, 0) is 16.0 Å². The Morgan fingerprint density at radius 1 is 1.42 bits per heavy atom. The summed E-state index contributed by atoms with van der Waals surface area (Å²) in [5, 5.41) is 0. The second-order valence-corrected chi connectivity index (χ2v) is 5.35. The number of ether oxygens (including phenoxy) is 1. The molecule has 2 rings (SSSR count). The van der Waals surface area contributed by atoms with Gasteiger partial charge in [0.1, 0.15) is 5.82 Å². The molecule has 3 nitrogen and oxygen atoms in total. The van der Waals surface area contributed by atoms with Crippen molar-refractivity contribution in [3.05, 3.63) is 35.6 Å². The van der Waals surface area contributed by atoms with Gasteiger partial charge in [0.15, 0.2) is 0 Å². The standard InChI is InChI=1S/C15H20FNO2/c1-17(11-15(8-9-15)14(18)19-2)10-7-12-5-3-4-6-13(12)16/h3-6H,7-11H2,1-2H3. The third-order valence-corrected chi connectivity index (χ3v) is 3.77. The van der Waals surface area contributed by atoms with Crippen LogP contribution in [0.1, 0.15) is 18.4 Å². The first-order chi connectivity index (χ1) is 9.07. The van der Waals surface area contributed by atoms with E-state index in [0.29, 0.717) is 13.0 Å². The third-order valence-electron chi connectivity index (χ3n) is 3.77. The van der Waals surface area contributed by atoms with Crippen molar-refractivity contribution in [2.24, 2.45) is 5.41 Å². The molecule has 0 N–H and O–H groups in total. The molecule has 1 saturated carbocycles. The van der Waals surface area contributed by atoms with E-state index in [4.69, 9.17) is 4.74 Å². The summed E-state index contributed by atoms with van der Waals surface area (Å²) in [5.41, 5.74) is 0.413. The number of benzene rings is 1. The zero-order valence-corrected chi connectivity index (χ0v) is 11.5. The molecule has 19 heavy (non-hydrogen) atoms. The highest BCUT2D eigenvalue weighted by Crippen LogP contribution is 2.47. The van der Waals surface area contributed by atoms with Gasteiger partial charge in [-0.15, -0.1) is 0 Å². The van der Waals surface area contributed by atoms with E-state index in [0.717, 1.165) is 24.9 Å². The molecule has 4 heteroatoms. The average Bonchev–Trinajstić information content (AvgIpc) is 3.17. The van der Waals surface area contributed by atoms with Gasteiger partial charge in [0.05, 0.1) is 12.5 Å². The summed E-state index contributed by atoms with van der Waals surface area (Å²) in [7, 11) is 3.39. The lowest BCUT2D eigenvalue weighted by Gasteiger charge is -2.22. The largest absolute Gasteiger partial charge is 0.469 e. The van der Waals surface area contributed by atoms with Gasteiger partial charge in [-0.25, -0.2) is 4.39 Å². The first-order valence-corrected chi connectivity index (χ1v) is 6.58. The molecule has 1 aromatic carbocycles. The quantitative estimate of drug-likeness (QED) is 0.739. The molecular formula is C15H20FNO2. The molecule has 1 aliphatic rings. The molecule has 0 heterocycles. The van der Waals surface area contributed by atoms with Crippen LogP contribution in [0.3, 0.4) is 0 Å². The summed E-state index contributed by atoms with van der Waals surface area (Å²) >= 11 is 0. The fourth-order valence-electron chi connectivity index (χ4n) is 2.40. The molecular weight excluding hydrogens is 245 g/mol. The van der Waals surface area contributed by atoms with Gasteiger partial charge in [0.2, 0.25) is 0 Å². The van der Waals surface area contributed by atoms with Crippen LogP contribution < -0.4 is 0 Å². The molecule has 0 aliphatic heterocycles. The van der Waals surface area contributed by atoms with Crippen LogP contribution in [0.4, 0.5) is 4.39 Å². The Balaban J connectivity index is 1.84. The normalized spacial score (nSPS) is 16.4. The topological polar surface area (TPSA) is 29.5 Å². The van der Waals surface area contributed by atoms with Crippen LogP contribution in [0.25, 0.3) is 0 Å². The van der Waals surface area contributed by atoms with E-state index >= 15 is 0 Å². The number of rotatable bonds is 6. The Labute approximate surface area is 113 Å². The van der Waals surface area contributed by atoms with E-state index in [1.165, 1.54) is 13.2 Å². The van der Waals surface area contributed by atoms with Crippen molar-refractivity contribution in [1.82, 2.24) is 4.90 Å². The Morgan fingerprint density at radius 3 is 2.68 bits per heavy atom. The lowest BCUT2D eigenvalue weighted by atomic mass is 10.1. The Hall–Kier alpha value is -1.42. The third kappa shape index (κ3) is 3.32. The van der Waals surface area contributed by atoms with Gasteiger partial charge in [-0.1, -0.05) is 18.2 Å². The second kappa shape index (κ2) is 5.70. The fraction of sp³-hybridized carbons (Fsp3) is 0.533. The Morgan fingerprint density at radius 2 is 2.11 bits per heavy atom. The summed E-state index contributed by atoms with van der Waals surface area (Å²) in [6.45, 7) is 1.42. The van der Waals surface area contributed by atoms with Crippen LogP contribution in [0.15, 0.2) is 24.3 Å². The minimum atomic E-state index is -0.307. The molecule has 1 aromatic rings. The lowest BCUT2D eigenvalue weighted by Crippen LogP contribution is -2.33. The maximum Gasteiger partial charge on any atom is 0.313 e. The first-order valence-electron chi connectivity index (χ1n) is 6.58. The smallest absolute Gasteiger partial charge is 0.313 e. The number of esters is 1. The van der Waals surface area contributed by atoms with E-state index in [1.807, 2.05) is 13.1 Å². The maximum atomic E-state index is 13.5. The zero-order chi connectivity index (χ0) is 13.9. The number of hydrogen-bond donors (Lipinski definition) is 0. The fourth-order valence-corrected chi connectivity index (χ4v) is 2.40. The number of halogens is 1. The molecule has 0 unspecified atom stereocenters. The van der Waals surface area contributed by atoms with Gasteiger partial charge in [-0.05, 0) is 37.9 Å². The highest BCUT2D eigenvalue weighted by atomic mass is 19.1. The molecule has 0 bridgehead atoms. The van der Waals surface area contributed by atoms with Gasteiger partial charge >= 0.3 is 5.97 Å². The summed E-state index contributed by atoms with van der Waals surface area (Å²) in [5.74, 6) is -0.282. The van der Waals surface area contributed by atoms with Crippen molar-refractivity contribution in [3.63, 3.8) is 0 Å². The minimum absolute atomic E-state index is 0.120. The van der Waals surface area contributed by atoms with E-state index in [1.54, 1.807) is 12.1 Å². The number of nitrogens with zero attached hydrogens (tertiary/aromatic N) is 1. The lowest BCUT2D eigenvalue weighted by molar-refractivity contribution is -0.147. The minimum Gasteiger partial charge on any atom is -0.469 e. The molecule has 1 fully saturated rings. The summed E-state index contributed by atoms with van der Waals surface area (Å²) < 4.78 is 18.3. The first kappa shape index (κ1) is 14.0. The van der Waals surface area contributed by atoms with Gasteiger partial charge < -0.3 is 9.64 Å². The van der Waals surface area contributed by atoms with Gasteiger partial charge in [0.25, 0.3) is 0 Å². The van der Waals surface area contributed by atoms with E-state index in [9.17, 15) is 9.18 Å². The zero-order valence-electron chi connectivity index (χ0n) is 11.5. The van der Waals surface area contributed by atoms with Gasteiger partial charge in [-0.3, -0.25) is 4.79 Å². The molecule has 0 saturated heterocycles. The van der Waals surface area contributed by atoms with Crippen LogP contribution in [0.2, 0.25) is 0 Å². The SMILES string of the molecule is COC(=O)C1(CN(C)CCc2ccccc2F)CC1. The predicted molar refractivity (Wildman–Crippen MR) is 71.3 cm³/mol. The van der Waals surface area contributed by atoms with E-state index < -0.39 is 0 Å². The number of likely N-dealkylation sites (N-methyl/N-ethyl adjacent to an activating group) is 1. The van der Waals surface area contributed by atoms with Crippen LogP contribution >= 0.6 is 0 Å². The Kier molecular flexibility index (Phi) is 4.20. The monoisotopic (exact) mass is 265 g/mol.